The van der Waals surface area contributed by atoms with E-state index in [-0.39, 0.29) is 5.91 Å². The monoisotopic (exact) mass is 503 g/mol. The Bertz CT molecular complexity index is 1280. The third-order valence-electron chi connectivity index (χ3n) is 7.29. The highest BCUT2D eigenvalue weighted by molar-refractivity contribution is 5.98. The number of carbonyl (C=O) groups is 1. The summed E-state index contributed by atoms with van der Waals surface area (Å²) >= 11 is 0. The molecule has 2 aliphatic heterocycles. The van der Waals surface area contributed by atoms with Crippen molar-refractivity contribution >= 4 is 27.8 Å². The fourth-order valence-electron chi connectivity index (χ4n) is 5.18. The number of para-hydroxylation sites is 1. The van der Waals surface area contributed by atoms with Crippen molar-refractivity contribution in [2.45, 2.75) is 46.5 Å². The van der Waals surface area contributed by atoms with Crippen LogP contribution >= 0.6 is 0 Å². The molecule has 0 spiro atoms. The largest absolute Gasteiger partial charge is 0.464 e. The van der Waals surface area contributed by atoms with Crippen LogP contribution in [0.4, 0.5) is 0 Å². The van der Waals surface area contributed by atoms with E-state index in [0.29, 0.717) is 37.9 Å². The molecule has 2 aliphatic rings. The molecule has 1 amide bonds. The van der Waals surface area contributed by atoms with Gasteiger partial charge in [-0.05, 0) is 69.6 Å². The lowest BCUT2D eigenvalue weighted by Crippen LogP contribution is -2.40. The van der Waals surface area contributed by atoms with E-state index in [1.807, 2.05) is 49.3 Å². The second-order valence-electron chi connectivity index (χ2n) is 9.57. The Kier molecular flexibility index (Phi) is 9.42. The number of aryl methyl sites for hydroxylation is 1. The highest BCUT2D eigenvalue weighted by atomic mass is 16.5. The molecule has 6 nitrogen and oxygen atoms in total. The lowest BCUT2D eigenvalue weighted by molar-refractivity contribution is 0.0299. The molecule has 6 heteroatoms. The van der Waals surface area contributed by atoms with Gasteiger partial charge in [0.2, 0.25) is 0 Å². The fraction of sp³-hybridized carbons (Fsp3) is 0.452. The standard InChI is InChI=1S/C15H19NO.C14H16N2O2.C2H6/c1-2-16-9-7-12(8-10-16)14-11-17-15-6-4-3-5-13(14)15;1-10-2-3-12-11(8-10)9-13(15-12)14(17)16-4-6-18-7-5-16;1-2/h3-6,11-12H,2,7-10H2,1H3;2-3,8-9,15H,4-7H2,1H3;1-2H3. The third-order valence-corrected chi connectivity index (χ3v) is 7.29. The van der Waals surface area contributed by atoms with Gasteiger partial charge in [0.25, 0.3) is 5.91 Å². The third kappa shape index (κ3) is 6.43. The number of carbonyl (C=O) groups excluding carboxylic acids is 1. The topological polar surface area (TPSA) is 61.7 Å². The van der Waals surface area contributed by atoms with Crippen LogP contribution in [0.1, 0.15) is 61.1 Å². The Hall–Kier alpha value is -3.09. The van der Waals surface area contributed by atoms with Crippen LogP contribution in [-0.4, -0.2) is 66.6 Å². The Balaban J connectivity index is 0.000000162. The zero-order valence-corrected chi connectivity index (χ0v) is 22.8. The van der Waals surface area contributed by atoms with Gasteiger partial charge in [0.1, 0.15) is 11.3 Å². The van der Waals surface area contributed by atoms with Crippen LogP contribution in [0.25, 0.3) is 21.9 Å². The molecule has 1 N–H and O–H groups in total. The molecule has 6 rings (SSSR count). The summed E-state index contributed by atoms with van der Waals surface area (Å²) in [6.45, 7) is 14.5. The van der Waals surface area contributed by atoms with Crippen molar-refractivity contribution in [3.05, 3.63) is 71.6 Å². The van der Waals surface area contributed by atoms with Gasteiger partial charge in [-0.15, -0.1) is 0 Å². The second kappa shape index (κ2) is 12.9. The van der Waals surface area contributed by atoms with Crippen LogP contribution in [0.3, 0.4) is 0 Å². The maximum absolute atomic E-state index is 12.3. The molecular formula is C31H41N3O3. The number of ether oxygens (including phenoxy) is 1. The van der Waals surface area contributed by atoms with Gasteiger partial charge in [0, 0.05) is 34.9 Å². The van der Waals surface area contributed by atoms with Crippen LogP contribution in [-0.2, 0) is 4.74 Å². The summed E-state index contributed by atoms with van der Waals surface area (Å²) in [6.07, 6.45) is 4.49. The first-order valence-electron chi connectivity index (χ1n) is 13.8. The van der Waals surface area contributed by atoms with Crippen LogP contribution in [0.2, 0.25) is 0 Å². The molecule has 2 aromatic carbocycles. The Labute approximate surface area is 220 Å². The van der Waals surface area contributed by atoms with Gasteiger partial charge < -0.3 is 23.9 Å². The molecule has 2 fully saturated rings. The molecule has 4 aromatic rings. The minimum absolute atomic E-state index is 0.0622. The first-order chi connectivity index (χ1) is 18.1. The van der Waals surface area contributed by atoms with E-state index in [1.165, 1.54) is 49.0 Å². The quantitative estimate of drug-likeness (QED) is 0.342. The zero-order chi connectivity index (χ0) is 26.2. The lowest BCUT2D eigenvalue weighted by Gasteiger charge is -2.30. The predicted molar refractivity (Wildman–Crippen MR) is 151 cm³/mol. The number of nitrogens with one attached hydrogen (secondary N) is 1. The number of morpholine rings is 1. The van der Waals surface area contributed by atoms with Crippen molar-refractivity contribution < 1.29 is 13.9 Å². The average molecular weight is 504 g/mol. The van der Waals surface area contributed by atoms with E-state index in [0.717, 1.165) is 16.5 Å². The number of likely N-dealkylation sites (tertiary alicyclic amines) is 1. The number of amides is 1. The molecule has 2 aromatic heterocycles. The summed E-state index contributed by atoms with van der Waals surface area (Å²) in [7, 11) is 0. The van der Waals surface area contributed by atoms with Gasteiger partial charge in [0.15, 0.2) is 0 Å². The maximum Gasteiger partial charge on any atom is 0.270 e. The highest BCUT2D eigenvalue weighted by Crippen LogP contribution is 2.34. The average Bonchev–Trinajstić information content (AvgIpc) is 3.59. The van der Waals surface area contributed by atoms with E-state index >= 15 is 0 Å². The molecule has 0 bridgehead atoms. The Morgan fingerprint density at radius 3 is 2.46 bits per heavy atom. The number of hydrogen-bond donors (Lipinski definition) is 1. The number of aromatic nitrogens is 1. The summed E-state index contributed by atoms with van der Waals surface area (Å²) in [4.78, 5) is 19.8. The van der Waals surface area contributed by atoms with E-state index < -0.39 is 0 Å². The fourth-order valence-corrected chi connectivity index (χ4v) is 5.18. The van der Waals surface area contributed by atoms with Crippen molar-refractivity contribution in [2.75, 3.05) is 45.9 Å². The number of hydrogen-bond acceptors (Lipinski definition) is 4. The smallest absolute Gasteiger partial charge is 0.270 e. The normalized spacial score (nSPS) is 16.7. The van der Waals surface area contributed by atoms with Crippen molar-refractivity contribution in [1.29, 1.82) is 0 Å². The first kappa shape index (κ1) is 27.0. The lowest BCUT2D eigenvalue weighted by atomic mass is 9.89. The van der Waals surface area contributed by atoms with Gasteiger partial charge >= 0.3 is 0 Å². The second-order valence-corrected chi connectivity index (χ2v) is 9.57. The van der Waals surface area contributed by atoms with Gasteiger partial charge in [-0.1, -0.05) is 50.6 Å². The SMILES string of the molecule is CC.CCN1CCC(c2coc3ccccc23)CC1.Cc1ccc2[nH]c(C(=O)N3CCOCC3)cc2c1. The maximum atomic E-state index is 12.3. The number of fused-ring (bicyclic) bond motifs is 2. The summed E-state index contributed by atoms with van der Waals surface area (Å²) < 4.78 is 10.9. The molecule has 198 valence electrons. The molecule has 0 atom stereocenters. The van der Waals surface area contributed by atoms with Crippen molar-refractivity contribution in [3.8, 4) is 0 Å². The van der Waals surface area contributed by atoms with E-state index in [2.05, 4.69) is 48.0 Å². The molecule has 4 heterocycles. The number of piperidine rings is 1. The van der Waals surface area contributed by atoms with E-state index in [4.69, 9.17) is 9.15 Å². The molecule has 0 radical (unpaired) electrons. The minimum atomic E-state index is 0.0622. The van der Waals surface area contributed by atoms with Crippen molar-refractivity contribution in [2.24, 2.45) is 0 Å². The first-order valence-corrected chi connectivity index (χ1v) is 13.8. The summed E-state index contributed by atoms with van der Waals surface area (Å²) in [5, 5.41) is 2.40. The summed E-state index contributed by atoms with van der Waals surface area (Å²) in [5.41, 5.74) is 5.32. The number of benzene rings is 2. The van der Waals surface area contributed by atoms with Gasteiger partial charge in [0.05, 0.1) is 19.5 Å². The number of furan rings is 1. The Morgan fingerprint density at radius 1 is 1.00 bits per heavy atom. The van der Waals surface area contributed by atoms with Gasteiger partial charge in [-0.3, -0.25) is 4.79 Å². The number of H-pyrrole nitrogens is 1. The van der Waals surface area contributed by atoms with Crippen LogP contribution in [0.5, 0.6) is 0 Å². The van der Waals surface area contributed by atoms with Crippen molar-refractivity contribution in [1.82, 2.24) is 14.8 Å². The predicted octanol–water partition coefficient (Wildman–Crippen LogP) is 6.61. The summed E-state index contributed by atoms with van der Waals surface area (Å²) in [5.74, 6) is 0.744. The number of aromatic amines is 1. The van der Waals surface area contributed by atoms with Crippen molar-refractivity contribution in [3.63, 3.8) is 0 Å². The molecule has 2 saturated heterocycles. The number of rotatable bonds is 3. The van der Waals surface area contributed by atoms with Crippen LogP contribution in [0.15, 0.2) is 59.2 Å². The number of nitrogens with zero attached hydrogens (tertiary/aromatic N) is 2. The molecule has 0 aliphatic carbocycles. The zero-order valence-electron chi connectivity index (χ0n) is 22.8. The van der Waals surface area contributed by atoms with E-state index in [1.54, 1.807) is 0 Å². The molecule has 0 saturated carbocycles. The van der Waals surface area contributed by atoms with Crippen LogP contribution < -0.4 is 0 Å². The van der Waals surface area contributed by atoms with Crippen LogP contribution in [0, 0.1) is 6.92 Å². The highest BCUT2D eigenvalue weighted by Gasteiger charge is 2.22. The molecular weight excluding hydrogens is 462 g/mol. The minimum Gasteiger partial charge on any atom is -0.464 e. The van der Waals surface area contributed by atoms with E-state index in [9.17, 15) is 4.79 Å². The Morgan fingerprint density at radius 2 is 1.73 bits per heavy atom. The molecule has 37 heavy (non-hydrogen) atoms. The van der Waals surface area contributed by atoms with Gasteiger partial charge in [-0.2, -0.15) is 0 Å². The molecule has 0 unspecified atom stereocenters. The van der Waals surface area contributed by atoms with Gasteiger partial charge in [-0.25, -0.2) is 0 Å². The summed E-state index contributed by atoms with van der Waals surface area (Å²) in [6, 6.07) is 16.4.